The fourth-order valence-electron chi connectivity index (χ4n) is 5.49. The molecule has 1 aromatic heterocycles. The molecule has 7 heteroatoms. The molecule has 4 rings (SSSR count). The minimum atomic E-state index is -0.377. The molecule has 1 amide bonds. The van der Waals surface area contributed by atoms with Crippen LogP contribution in [0.1, 0.15) is 60.7 Å². The van der Waals surface area contributed by atoms with Crippen molar-refractivity contribution >= 4 is 22.8 Å². The summed E-state index contributed by atoms with van der Waals surface area (Å²) in [6, 6.07) is 14.8. The van der Waals surface area contributed by atoms with Crippen LogP contribution in [0.3, 0.4) is 0 Å². The van der Waals surface area contributed by atoms with Gasteiger partial charge in [0.2, 0.25) is 5.91 Å². The van der Waals surface area contributed by atoms with E-state index in [0.717, 1.165) is 24.8 Å². The van der Waals surface area contributed by atoms with Crippen LogP contribution in [0.15, 0.2) is 53.3 Å². The third-order valence-corrected chi connectivity index (χ3v) is 7.40. The molecule has 35 heavy (non-hydrogen) atoms. The first kappa shape index (κ1) is 24.9. The lowest BCUT2D eigenvalue weighted by atomic mass is 9.69. The minimum Gasteiger partial charge on any atom is -0.348 e. The molecule has 1 aliphatic carbocycles. The molecule has 3 N–H and O–H groups in total. The fraction of sp³-hybridized carbons (Fsp3) is 0.464. The molecule has 3 atom stereocenters. The highest BCUT2D eigenvalue weighted by atomic mass is 16.2. The van der Waals surface area contributed by atoms with E-state index in [9.17, 15) is 14.4 Å². The molecule has 0 aliphatic heterocycles. The molecule has 1 aliphatic rings. The van der Waals surface area contributed by atoms with Crippen molar-refractivity contribution in [2.24, 2.45) is 29.4 Å². The van der Waals surface area contributed by atoms with E-state index in [4.69, 9.17) is 5.73 Å². The molecular weight excluding hydrogens is 440 g/mol. The molecule has 0 spiro atoms. The predicted octanol–water partition coefficient (Wildman–Crippen LogP) is 4.04. The van der Waals surface area contributed by atoms with Crippen molar-refractivity contribution in [1.29, 1.82) is 0 Å². The number of benzene rings is 2. The number of nitrogens with two attached hydrogens (primary N) is 1. The zero-order valence-electron chi connectivity index (χ0n) is 20.9. The quantitative estimate of drug-likeness (QED) is 0.538. The number of hydrogen-bond acceptors (Lipinski definition) is 4. The molecule has 2 aromatic carbocycles. The van der Waals surface area contributed by atoms with Crippen LogP contribution in [-0.2, 0) is 13.1 Å². The van der Waals surface area contributed by atoms with E-state index < -0.39 is 0 Å². The first-order chi connectivity index (χ1) is 16.8. The first-order valence-electron chi connectivity index (χ1n) is 12.6. The van der Waals surface area contributed by atoms with Gasteiger partial charge in [-0.05, 0) is 54.4 Å². The van der Waals surface area contributed by atoms with E-state index in [0.29, 0.717) is 35.0 Å². The number of rotatable bonds is 7. The topological polar surface area (TPSA) is 99.1 Å². The van der Waals surface area contributed by atoms with E-state index >= 15 is 0 Å². The SMILES string of the molecule is CC(C)[C@@H]1CC[C@@H](C)C[C@H]1C(=O)n1c(=O)n(CCN)c2cc(C(=O)NCc3ccccc3)ccc21. The average molecular weight is 477 g/mol. The number of amides is 1. The normalized spacial score (nSPS) is 20.3. The number of aromatic nitrogens is 2. The molecular formula is C28H36N4O3. The van der Waals surface area contributed by atoms with E-state index in [1.807, 2.05) is 30.3 Å². The van der Waals surface area contributed by atoms with E-state index in [-0.39, 0.29) is 42.4 Å². The maximum Gasteiger partial charge on any atom is 0.336 e. The Morgan fingerprint density at radius 1 is 1.09 bits per heavy atom. The Hall–Kier alpha value is -3.19. The predicted molar refractivity (Wildman–Crippen MR) is 138 cm³/mol. The van der Waals surface area contributed by atoms with Crippen molar-refractivity contribution in [3.05, 3.63) is 70.1 Å². The van der Waals surface area contributed by atoms with Crippen molar-refractivity contribution < 1.29 is 9.59 Å². The summed E-state index contributed by atoms with van der Waals surface area (Å²) in [7, 11) is 0. The summed E-state index contributed by atoms with van der Waals surface area (Å²) in [5.74, 6) is 0.505. The summed E-state index contributed by atoms with van der Waals surface area (Å²) in [4.78, 5) is 40.2. The van der Waals surface area contributed by atoms with E-state index in [1.54, 1.807) is 18.2 Å². The Morgan fingerprint density at radius 3 is 2.51 bits per heavy atom. The zero-order valence-corrected chi connectivity index (χ0v) is 20.9. The van der Waals surface area contributed by atoms with Crippen LogP contribution in [0.2, 0.25) is 0 Å². The number of carbonyl (C=O) groups is 2. The third-order valence-electron chi connectivity index (χ3n) is 7.40. The van der Waals surface area contributed by atoms with Gasteiger partial charge in [0.25, 0.3) is 5.91 Å². The zero-order chi connectivity index (χ0) is 25.1. The van der Waals surface area contributed by atoms with Crippen LogP contribution in [0.25, 0.3) is 11.0 Å². The number of nitrogens with one attached hydrogen (secondary N) is 1. The summed E-state index contributed by atoms with van der Waals surface area (Å²) in [5, 5.41) is 2.93. The van der Waals surface area contributed by atoms with Gasteiger partial charge < -0.3 is 11.1 Å². The van der Waals surface area contributed by atoms with Crippen LogP contribution in [0.5, 0.6) is 0 Å². The van der Waals surface area contributed by atoms with Gasteiger partial charge in [0.15, 0.2) is 0 Å². The van der Waals surface area contributed by atoms with Gasteiger partial charge >= 0.3 is 5.69 Å². The van der Waals surface area contributed by atoms with E-state index in [1.165, 1.54) is 9.13 Å². The summed E-state index contributed by atoms with van der Waals surface area (Å²) < 4.78 is 2.85. The van der Waals surface area contributed by atoms with Gasteiger partial charge in [0.05, 0.1) is 11.0 Å². The van der Waals surface area contributed by atoms with Crippen LogP contribution >= 0.6 is 0 Å². The van der Waals surface area contributed by atoms with Gasteiger partial charge in [-0.3, -0.25) is 14.2 Å². The second-order valence-electron chi connectivity index (χ2n) is 10.2. The second-order valence-corrected chi connectivity index (χ2v) is 10.2. The fourth-order valence-corrected chi connectivity index (χ4v) is 5.49. The smallest absolute Gasteiger partial charge is 0.336 e. The second kappa shape index (κ2) is 10.6. The molecule has 7 nitrogen and oxygen atoms in total. The lowest BCUT2D eigenvalue weighted by Crippen LogP contribution is -2.40. The number of nitrogens with zero attached hydrogens (tertiary/aromatic N) is 2. The Kier molecular flexibility index (Phi) is 7.55. The molecule has 1 heterocycles. The third kappa shape index (κ3) is 5.10. The van der Waals surface area contributed by atoms with Gasteiger partial charge in [0, 0.05) is 31.1 Å². The molecule has 3 aromatic rings. The lowest BCUT2D eigenvalue weighted by Gasteiger charge is -2.36. The highest BCUT2D eigenvalue weighted by molar-refractivity contribution is 5.99. The maximum absolute atomic E-state index is 13.8. The van der Waals surface area contributed by atoms with Gasteiger partial charge in [-0.1, -0.05) is 57.5 Å². The summed E-state index contributed by atoms with van der Waals surface area (Å²) in [5.41, 5.74) is 7.97. The Labute approximate surface area is 206 Å². The lowest BCUT2D eigenvalue weighted by molar-refractivity contribution is 0.0633. The molecule has 1 fully saturated rings. The van der Waals surface area contributed by atoms with Crippen molar-refractivity contribution in [2.45, 2.75) is 53.1 Å². The molecule has 0 saturated heterocycles. The molecule has 0 bridgehead atoms. The Morgan fingerprint density at radius 2 is 1.83 bits per heavy atom. The maximum atomic E-state index is 13.8. The van der Waals surface area contributed by atoms with Crippen molar-refractivity contribution in [3.63, 3.8) is 0 Å². The molecule has 0 unspecified atom stereocenters. The van der Waals surface area contributed by atoms with Crippen molar-refractivity contribution in [1.82, 2.24) is 14.5 Å². The van der Waals surface area contributed by atoms with Crippen LogP contribution in [-0.4, -0.2) is 27.5 Å². The summed E-state index contributed by atoms with van der Waals surface area (Å²) in [6.45, 7) is 7.43. The number of fused-ring (bicyclic) bond motifs is 1. The summed E-state index contributed by atoms with van der Waals surface area (Å²) >= 11 is 0. The number of hydrogen-bond donors (Lipinski definition) is 2. The van der Waals surface area contributed by atoms with Crippen molar-refractivity contribution in [2.75, 3.05) is 6.54 Å². The molecule has 1 saturated carbocycles. The summed E-state index contributed by atoms with van der Waals surface area (Å²) in [6.07, 6.45) is 2.90. The Bertz CT molecular complexity index is 1260. The average Bonchev–Trinajstić information content (AvgIpc) is 3.13. The first-order valence-corrected chi connectivity index (χ1v) is 12.6. The van der Waals surface area contributed by atoms with E-state index in [2.05, 4.69) is 26.1 Å². The van der Waals surface area contributed by atoms with Gasteiger partial charge in [-0.25, -0.2) is 9.36 Å². The molecule has 0 radical (unpaired) electrons. The molecule has 186 valence electrons. The van der Waals surface area contributed by atoms with Gasteiger partial charge in [-0.2, -0.15) is 0 Å². The standard InChI is InChI=1S/C28H36N4O3/c1-18(2)22-11-9-19(3)15-23(22)27(34)32-24-12-10-21(16-25(24)31(14-13-29)28(32)35)26(33)30-17-20-7-5-4-6-8-20/h4-8,10,12,16,18-19,22-23H,9,11,13-15,17,29H2,1-3H3,(H,30,33)/t19-,22+,23-/m1/s1. The Balaban J connectivity index is 1.69. The van der Waals surface area contributed by atoms with Gasteiger partial charge in [0.1, 0.15) is 0 Å². The van der Waals surface area contributed by atoms with Crippen LogP contribution in [0.4, 0.5) is 0 Å². The van der Waals surface area contributed by atoms with Crippen LogP contribution in [0, 0.1) is 23.7 Å². The largest absolute Gasteiger partial charge is 0.348 e. The highest BCUT2D eigenvalue weighted by Gasteiger charge is 2.37. The minimum absolute atomic E-state index is 0.137. The number of carbonyl (C=O) groups excluding carboxylic acids is 2. The highest BCUT2D eigenvalue weighted by Crippen LogP contribution is 2.39. The number of imidazole rings is 1. The van der Waals surface area contributed by atoms with Gasteiger partial charge in [-0.15, -0.1) is 0 Å². The van der Waals surface area contributed by atoms with Crippen LogP contribution < -0.4 is 16.7 Å². The monoisotopic (exact) mass is 476 g/mol. The van der Waals surface area contributed by atoms with Crippen molar-refractivity contribution in [3.8, 4) is 0 Å².